The van der Waals surface area contributed by atoms with Gasteiger partial charge in [-0.25, -0.2) is 4.79 Å². The largest absolute Gasteiger partial charge is 0.396 e. The Morgan fingerprint density at radius 1 is 1.08 bits per heavy atom. The number of carbonyl (C=O) groups is 2. The third-order valence-electron chi connectivity index (χ3n) is 4.28. The Bertz CT molecular complexity index is 752. The summed E-state index contributed by atoms with van der Waals surface area (Å²) in [5.41, 5.74) is 3.35. The Balaban J connectivity index is 1.51. The minimum atomic E-state index is -0.178. The van der Waals surface area contributed by atoms with E-state index in [1.807, 2.05) is 6.07 Å². The monoisotopic (exact) mass is 354 g/mol. The van der Waals surface area contributed by atoms with Crippen LogP contribution in [0.4, 0.5) is 10.5 Å². The molecule has 0 spiro atoms. The Morgan fingerprint density at radius 3 is 2.58 bits per heavy atom. The Labute approximate surface area is 152 Å². The predicted octanol–water partition coefficient (Wildman–Crippen LogP) is 2.13. The van der Waals surface area contributed by atoms with Gasteiger partial charge in [-0.05, 0) is 54.3 Å². The molecule has 0 aliphatic carbocycles. The summed E-state index contributed by atoms with van der Waals surface area (Å²) in [7, 11) is 0. The van der Waals surface area contributed by atoms with E-state index in [-0.39, 0.29) is 18.5 Å². The highest BCUT2D eigenvalue weighted by Gasteiger charge is 2.23. The lowest BCUT2D eigenvalue weighted by atomic mass is 10.2. The minimum Gasteiger partial charge on any atom is -0.396 e. The highest BCUT2D eigenvalue weighted by Crippen LogP contribution is 2.22. The minimum absolute atomic E-state index is 0.128. The first-order chi connectivity index (χ1) is 12.7. The van der Waals surface area contributed by atoms with E-state index in [2.05, 4.69) is 15.6 Å². The molecule has 0 atom stereocenters. The number of fused-ring (bicyclic) bond motifs is 1. The van der Waals surface area contributed by atoms with Gasteiger partial charge in [-0.15, -0.1) is 0 Å². The van der Waals surface area contributed by atoms with Crippen molar-refractivity contribution in [3.05, 3.63) is 59.4 Å². The molecular weight excluding hydrogens is 332 g/mol. The van der Waals surface area contributed by atoms with Crippen LogP contribution in [0.5, 0.6) is 0 Å². The molecule has 3 N–H and O–H groups in total. The number of anilines is 1. The van der Waals surface area contributed by atoms with Gasteiger partial charge < -0.3 is 20.6 Å². The van der Waals surface area contributed by atoms with Crippen molar-refractivity contribution in [2.75, 3.05) is 18.5 Å². The van der Waals surface area contributed by atoms with E-state index in [4.69, 9.17) is 5.11 Å². The van der Waals surface area contributed by atoms with E-state index in [9.17, 15) is 9.59 Å². The standard InChI is InChI=1S/C19H22N4O3/c24-10-2-1-8-21-18(25)14-3-5-17(6-4-14)22-19(26)23-12-15-7-9-20-11-16(15)13-23/h3-7,9,11,24H,1-2,8,10,12-13H2,(H,21,25)(H,22,26). The molecule has 0 unspecified atom stereocenters. The van der Waals surface area contributed by atoms with E-state index in [1.165, 1.54) is 0 Å². The molecule has 1 aromatic heterocycles. The number of urea groups is 1. The number of rotatable bonds is 6. The van der Waals surface area contributed by atoms with Crippen LogP contribution in [0.1, 0.15) is 34.3 Å². The maximum absolute atomic E-state index is 12.4. The number of unbranched alkanes of at least 4 members (excludes halogenated alkanes) is 1. The summed E-state index contributed by atoms with van der Waals surface area (Å²) in [6, 6.07) is 8.54. The van der Waals surface area contributed by atoms with Gasteiger partial charge in [-0.1, -0.05) is 0 Å². The lowest BCUT2D eigenvalue weighted by molar-refractivity contribution is 0.0952. The lowest BCUT2D eigenvalue weighted by Crippen LogP contribution is -2.30. The number of aliphatic hydroxyl groups is 1. The molecule has 0 saturated heterocycles. The molecule has 0 radical (unpaired) electrons. The summed E-state index contributed by atoms with van der Waals surface area (Å²) >= 11 is 0. The quantitative estimate of drug-likeness (QED) is 0.693. The fourth-order valence-corrected chi connectivity index (χ4v) is 2.81. The number of hydrogen-bond acceptors (Lipinski definition) is 4. The van der Waals surface area contributed by atoms with Gasteiger partial charge in [0, 0.05) is 49.9 Å². The number of carbonyl (C=O) groups excluding carboxylic acids is 2. The number of amides is 3. The Kier molecular flexibility index (Phi) is 5.80. The number of benzene rings is 1. The molecule has 7 nitrogen and oxygen atoms in total. The third-order valence-corrected chi connectivity index (χ3v) is 4.28. The SMILES string of the molecule is O=C(NCCCCO)c1ccc(NC(=O)N2Cc3ccncc3C2)cc1. The number of aromatic nitrogens is 1. The molecule has 2 aromatic rings. The summed E-state index contributed by atoms with van der Waals surface area (Å²) in [5, 5.41) is 14.4. The maximum atomic E-state index is 12.4. The Hall–Kier alpha value is -2.93. The molecule has 1 aliphatic rings. The predicted molar refractivity (Wildman–Crippen MR) is 97.6 cm³/mol. The first-order valence-corrected chi connectivity index (χ1v) is 8.64. The third kappa shape index (κ3) is 4.37. The number of hydrogen-bond donors (Lipinski definition) is 3. The molecule has 1 aliphatic heterocycles. The van der Waals surface area contributed by atoms with Crippen LogP contribution in [0.2, 0.25) is 0 Å². The van der Waals surface area contributed by atoms with E-state index in [0.29, 0.717) is 37.3 Å². The van der Waals surface area contributed by atoms with Crippen LogP contribution >= 0.6 is 0 Å². The van der Waals surface area contributed by atoms with Crippen LogP contribution in [0.3, 0.4) is 0 Å². The van der Waals surface area contributed by atoms with Crippen molar-refractivity contribution in [3.63, 3.8) is 0 Å². The first-order valence-electron chi connectivity index (χ1n) is 8.64. The molecule has 1 aromatic carbocycles. The Morgan fingerprint density at radius 2 is 1.85 bits per heavy atom. The van der Waals surface area contributed by atoms with Crippen molar-refractivity contribution in [1.82, 2.24) is 15.2 Å². The van der Waals surface area contributed by atoms with Gasteiger partial charge in [0.05, 0.1) is 0 Å². The second-order valence-corrected chi connectivity index (χ2v) is 6.19. The number of nitrogens with zero attached hydrogens (tertiary/aromatic N) is 2. The zero-order valence-corrected chi connectivity index (χ0v) is 14.4. The molecule has 7 heteroatoms. The lowest BCUT2D eigenvalue weighted by Gasteiger charge is -2.16. The molecule has 3 rings (SSSR count). The van der Waals surface area contributed by atoms with Crippen molar-refractivity contribution in [1.29, 1.82) is 0 Å². The van der Waals surface area contributed by atoms with Gasteiger partial charge >= 0.3 is 6.03 Å². The van der Waals surface area contributed by atoms with Crippen LogP contribution in [0, 0.1) is 0 Å². The van der Waals surface area contributed by atoms with Gasteiger partial charge in [0.25, 0.3) is 5.91 Å². The van der Waals surface area contributed by atoms with Crippen molar-refractivity contribution in [3.8, 4) is 0 Å². The summed E-state index contributed by atoms with van der Waals surface area (Å²) in [5.74, 6) is -0.164. The fraction of sp³-hybridized carbons (Fsp3) is 0.316. The van der Waals surface area contributed by atoms with Crippen LogP contribution < -0.4 is 10.6 Å². The van der Waals surface area contributed by atoms with Crippen molar-refractivity contribution in [2.45, 2.75) is 25.9 Å². The van der Waals surface area contributed by atoms with Gasteiger partial charge in [0.2, 0.25) is 0 Å². The van der Waals surface area contributed by atoms with Gasteiger partial charge in [-0.3, -0.25) is 9.78 Å². The van der Waals surface area contributed by atoms with Gasteiger partial charge in [0.1, 0.15) is 0 Å². The number of aliphatic hydroxyl groups excluding tert-OH is 1. The zero-order valence-electron chi connectivity index (χ0n) is 14.4. The molecular formula is C19H22N4O3. The normalized spacial score (nSPS) is 12.6. The second-order valence-electron chi connectivity index (χ2n) is 6.19. The average molecular weight is 354 g/mol. The summed E-state index contributed by atoms with van der Waals surface area (Å²) < 4.78 is 0. The second kappa shape index (κ2) is 8.44. The molecule has 26 heavy (non-hydrogen) atoms. The average Bonchev–Trinajstić information content (AvgIpc) is 3.10. The highest BCUT2D eigenvalue weighted by atomic mass is 16.3. The van der Waals surface area contributed by atoms with Gasteiger partial charge in [-0.2, -0.15) is 0 Å². The van der Waals surface area contributed by atoms with Crippen LogP contribution in [-0.2, 0) is 13.1 Å². The number of nitrogens with one attached hydrogen (secondary N) is 2. The molecule has 0 bridgehead atoms. The van der Waals surface area contributed by atoms with E-state index < -0.39 is 0 Å². The fourth-order valence-electron chi connectivity index (χ4n) is 2.81. The first kappa shape index (κ1) is 17.9. The molecule has 0 fully saturated rings. The van der Waals surface area contributed by atoms with Gasteiger partial charge in [0.15, 0.2) is 0 Å². The highest BCUT2D eigenvalue weighted by molar-refractivity contribution is 5.95. The number of pyridine rings is 1. The summed E-state index contributed by atoms with van der Waals surface area (Å²) in [4.78, 5) is 30.2. The molecule has 3 amide bonds. The van der Waals surface area contributed by atoms with E-state index >= 15 is 0 Å². The van der Waals surface area contributed by atoms with Crippen molar-refractivity contribution >= 4 is 17.6 Å². The van der Waals surface area contributed by atoms with Crippen molar-refractivity contribution < 1.29 is 14.7 Å². The van der Waals surface area contributed by atoms with Crippen LogP contribution in [0.25, 0.3) is 0 Å². The smallest absolute Gasteiger partial charge is 0.322 e. The van der Waals surface area contributed by atoms with E-state index in [1.54, 1.807) is 41.6 Å². The molecule has 136 valence electrons. The molecule has 0 saturated carbocycles. The topological polar surface area (TPSA) is 94.6 Å². The molecule has 2 heterocycles. The summed E-state index contributed by atoms with van der Waals surface area (Å²) in [6.07, 6.45) is 4.93. The van der Waals surface area contributed by atoms with Crippen LogP contribution in [-0.4, -0.2) is 40.1 Å². The van der Waals surface area contributed by atoms with Crippen LogP contribution in [0.15, 0.2) is 42.7 Å². The van der Waals surface area contributed by atoms with E-state index in [0.717, 1.165) is 17.5 Å². The maximum Gasteiger partial charge on any atom is 0.322 e. The van der Waals surface area contributed by atoms with Crippen molar-refractivity contribution in [2.24, 2.45) is 0 Å². The zero-order chi connectivity index (χ0) is 18.4. The summed E-state index contributed by atoms with van der Waals surface area (Å²) in [6.45, 7) is 1.77.